The van der Waals surface area contributed by atoms with Gasteiger partial charge in [-0.3, -0.25) is 5.32 Å². The van der Waals surface area contributed by atoms with Crippen molar-refractivity contribution >= 4 is 11.9 Å². The molecule has 0 aliphatic carbocycles. The van der Waals surface area contributed by atoms with E-state index in [4.69, 9.17) is 0 Å². The molecule has 1 amide bonds. The summed E-state index contributed by atoms with van der Waals surface area (Å²) in [5.74, 6) is 0.314. The molecular weight excluding hydrogens is 253 g/mol. The van der Waals surface area contributed by atoms with Crippen LogP contribution in [-0.2, 0) is 4.74 Å². The van der Waals surface area contributed by atoms with Gasteiger partial charge in [0, 0.05) is 19.2 Å². The topological polar surface area (TPSA) is 68.2 Å². The number of anilines is 1. The van der Waals surface area contributed by atoms with Gasteiger partial charge in [-0.05, 0) is 0 Å². The van der Waals surface area contributed by atoms with Gasteiger partial charge in [0.2, 0.25) is 0 Å². The molecule has 0 atom stereocenters. The second-order valence-corrected chi connectivity index (χ2v) is 3.79. The molecule has 0 spiro atoms. The van der Waals surface area contributed by atoms with Gasteiger partial charge in [0.25, 0.3) is 0 Å². The van der Waals surface area contributed by atoms with E-state index in [1.807, 2.05) is 0 Å². The summed E-state index contributed by atoms with van der Waals surface area (Å²) in [6, 6.07) is 1.59. The van der Waals surface area contributed by atoms with Crippen molar-refractivity contribution in [2.45, 2.75) is 12.2 Å². The van der Waals surface area contributed by atoms with Crippen molar-refractivity contribution in [3.8, 4) is 0 Å². The maximum Gasteiger partial charge on any atom is 0.422 e. The molecule has 0 aromatic carbocycles. The van der Waals surface area contributed by atoms with Gasteiger partial charge < -0.3 is 10.1 Å². The zero-order valence-electron chi connectivity index (χ0n) is 9.20. The van der Waals surface area contributed by atoms with Gasteiger partial charge in [-0.15, -0.1) is 0 Å². The van der Waals surface area contributed by atoms with Crippen LogP contribution in [0.5, 0.6) is 0 Å². The van der Waals surface area contributed by atoms with Gasteiger partial charge in [-0.2, -0.15) is 18.3 Å². The second kappa shape index (κ2) is 4.84. The smallest absolute Gasteiger partial charge is 0.422 e. The van der Waals surface area contributed by atoms with Crippen molar-refractivity contribution in [3.05, 3.63) is 12.3 Å². The summed E-state index contributed by atoms with van der Waals surface area (Å²) in [7, 11) is 0. The van der Waals surface area contributed by atoms with Crippen molar-refractivity contribution < 1.29 is 22.7 Å². The highest BCUT2D eigenvalue weighted by Gasteiger charge is 2.30. The van der Waals surface area contributed by atoms with Crippen molar-refractivity contribution in [1.29, 1.82) is 0 Å². The fourth-order valence-corrected chi connectivity index (χ4v) is 1.44. The van der Waals surface area contributed by atoms with Crippen LogP contribution in [0.3, 0.4) is 0 Å². The molecule has 0 bridgehead atoms. The number of nitrogens with one attached hydrogen (secondary N) is 2. The first-order valence-electron chi connectivity index (χ1n) is 5.20. The number of amides is 1. The Hall–Kier alpha value is -1.77. The lowest BCUT2D eigenvalue weighted by Crippen LogP contribution is -2.44. The summed E-state index contributed by atoms with van der Waals surface area (Å²) in [5, 5.41) is 9.23. The maximum absolute atomic E-state index is 11.8. The molecule has 0 radical (unpaired) electrons. The average Bonchev–Trinajstić information content (AvgIpc) is 2.60. The number of ether oxygens (including phenoxy) is 1. The molecule has 2 rings (SSSR count). The molecule has 2 heterocycles. The Morgan fingerprint density at radius 1 is 1.61 bits per heavy atom. The molecule has 18 heavy (non-hydrogen) atoms. The van der Waals surface area contributed by atoms with E-state index >= 15 is 0 Å². The zero-order chi connectivity index (χ0) is 13.2. The number of hydrogen-bond donors (Lipinski definition) is 2. The van der Waals surface area contributed by atoms with Crippen LogP contribution in [0.4, 0.5) is 23.8 Å². The number of rotatable bonds is 3. The van der Waals surface area contributed by atoms with Crippen LogP contribution in [0.25, 0.3) is 0 Å². The van der Waals surface area contributed by atoms with Crippen molar-refractivity contribution in [1.82, 2.24) is 15.1 Å². The van der Waals surface area contributed by atoms with Crippen LogP contribution in [-0.4, -0.2) is 41.7 Å². The van der Waals surface area contributed by atoms with Crippen LogP contribution >= 0.6 is 0 Å². The van der Waals surface area contributed by atoms with Crippen molar-refractivity contribution in [2.24, 2.45) is 0 Å². The number of carbonyl (C=O) groups excluding carboxylic acids is 1. The van der Waals surface area contributed by atoms with E-state index in [-0.39, 0.29) is 6.04 Å². The number of carbonyl (C=O) groups is 1. The van der Waals surface area contributed by atoms with Gasteiger partial charge in [0.1, 0.15) is 5.82 Å². The monoisotopic (exact) mass is 264 g/mol. The maximum atomic E-state index is 11.8. The SMILES string of the molecule is O=C(Nc1ccnn1C1CNC1)OCC(F)(F)F. The third-order valence-corrected chi connectivity index (χ3v) is 2.37. The Balaban J connectivity index is 1.89. The molecule has 1 aliphatic heterocycles. The van der Waals surface area contributed by atoms with Crippen LogP contribution in [0.2, 0.25) is 0 Å². The fourth-order valence-electron chi connectivity index (χ4n) is 1.44. The molecule has 9 heteroatoms. The number of alkyl halides is 3. The second-order valence-electron chi connectivity index (χ2n) is 3.79. The lowest BCUT2D eigenvalue weighted by Gasteiger charge is -2.28. The minimum Gasteiger partial charge on any atom is -0.440 e. The molecule has 0 unspecified atom stereocenters. The third kappa shape index (κ3) is 3.13. The Kier molecular flexibility index (Phi) is 3.41. The standard InChI is InChI=1S/C9H11F3N4O2/c10-9(11,12)5-18-8(17)15-7-1-2-14-16(7)6-3-13-4-6/h1-2,6,13H,3-5H2,(H,15,17). The van der Waals surface area contributed by atoms with Gasteiger partial charge in [0.15, 0.2) is 6.61 Å². The van der Waals surface area contributed by atoms with Gasteiger partial charge >= 0.3 is 12.3 Å². The summed E-state index contributed by atoms with van der Waals surface area (Å²) in [6.07, 6.45) is -4.23. The zero-order valence-corrected chi connectivity index (χ0v) is 9.20. The molecule has 0 saturated carbocycles. The van der Waals surface area contributed by atoms with Crippen LogP contribution in [0.1, 0.15) is 6.04 Å². The summed E-state index contributed by atoms with van der Waals surface area (Å²) < 4.78 is 41.1. The summed E-state index contributed by atoms with van der Waals surface area (Å²) in [5.41, 5.74) is 0. The highest BCUT2D eigenvalue weighted by atomic mass is 19.4. The third-order valence-electron chi connectivity index (χ3n) is 2.37. The first-order valence-corrected chi connectivity index (χ1v) is 5.20. The van der Waals surface area contributed by atoms with E-state index in [9.17, 15) is 18.0 Å². The first kappa shape index (κ1) is 12.7. The lowest BCUT2D eigenvalue weighted by molar-refractivity contribution is -0.159. The number of aromatic nitrogens is 2. The molecular formula is C9H11F3N4O2. The van der Waals surface area contributed by atoms with E-state index < -0.39 is 18.9 Å². The normalized spacial score (nSPS) is 16.2. The van der Waals surface area contributed by atoms with E-state index in [1.54, 1.807) is 0 Å². The minimum atomic E-state index is -4.53. The summed E-state index contributed by atoms with van der Waals surface area (Å²) in [6.45, 7) is -0.208. The summed E-state index contributed by atoms with van der Waals surface area (Å²) in [4.78, 5) is 11.1. The van der Waals surface area contributed by atoms with E-state index in [2.05, 4.69) is 20.5 Å². The molecule has 1 aromatic rings. The predicted octanol–water partition coefficient (Wildman–Crippen LogP) is 1.14. The van der Waals surface area contributed by atoms with Gasteiger partial charge in [-0.1, -0.05) is 0 Å². The Morgan fingerprint density at radius 3 is 2.89 bits per heavy atom. The molecule has 1 fully saturated rings. The average molecular weight is 264 g/mol. The predicted molar refractivity (Wildman–Crippen MR) is 55.2 cm³/mol. The highest BCUT2D eigenvalue weighted by Crippen LogP contribution is 2.18. The Labute approximate surface area is 100 Å². The molecule has 1 aromatic heterocycles. The Morgan fingerprint density at radius 2 is 2.33 bits per heavy atom. The van der Waals surface area contributed by atoms with Crippen LogP contribution in [0, 0.1) is 0 Å². The largest absolute Gasteiger partial charge is 0.440 e. The number of nitrogens with zero attached hydrogens (tertiary/aromatic N) is 2. The number of halogens is 3. The quantitative estimate of drug-likeness (QED) is 0.859. The fraction of sp³-hybridized carbons (Fsp3) is 0.556. The first-order chi connectivity index (χ1) is 8.46. The number of hydrogen-bond acceptors (Lipinski definition) is 4. The molecule has 2 N–H and O–H groups in total. The lowest BCUT2D eigenvalue weighted by atomic mass is 10.2. The van der Waals surface area contributed by atoms with Crippen molar-refractivity contribution in [3.63, 3.8) is 0 Å². The van der Waals surface area contributed by atoms with Gasteiger partial charge in [0.05, 0.1) is 12.2 Å². The van der Waals surface area contributed by atoms with Gasteiger partial charge in [-0.25, -0.2) is 9.48 Å². The van der Waals surface area contributed by atoms with Crippen LogP contribution < -0.4 is 10.6 Å². The highest BCUT2D eigenvalue weighted by molar-refractivity contribution is 5.83. The summed E-state index contributed by atoms with van der Waals surface area (Å²) >= 11 is 0. The van der Waals surface area contributed by atoms with E-state index in [1.165, 1.54) is 16.9 Å². The minimum absolute atomic E-state index is 0.0953. The molecule has 100 valence electrons. The van der Waals surface area contributed by atoms with E-state index in [0.29, 0.717) is 18.9 Å². The van der Waals surface area contributed by atoms with Crippen molar-refractivity contribution in [2.75, 3.05) is 25.0 Å². The molecule has 6 nitrogen and oxygen atoms in total. The molecule has 1 aliphatic rings. The molecule has 1 saturated heterocycles. The van der Waals surface area contributed by atoms with E-state index in [0.717, 1.165) is 0 Å². The van der Waals surface area contributed by atoms with Crippen LogP contribution in [0.15, 0.2) is 12.3 Å². The Bertz CT molecular complexity index is 428.